The van der Waals surface area contributed by atoms with Crippen LogP contribution in [0.1, 0.15) is 64.2 Å². The maximum atomic E-state index is 12.8. The minimum absolute atomic E-state index is 0.00367. The van der Waals surface area contributed by atoms with Crippen molar-refractivity contribution >= 4 is 11.6 Å². The lowest BCUT2D eigenvalue weighted by atomic mass is 9.45. The Hall–Kier alpha value is -1.68. The van der Waals surface area contributed by atoms with E-state index in [9.17, 15) is 28.0 Å². The molecule has 1 N–H and O–H groups in total. The average molecular weight is 463 g/mol. The second-order valence-electron chi connectivity index (χ2n) is 11.4. The summed E-state index contributed by atoms with van der Waals surface area (Å²) in [5.74, 6) is 1.15. The van der Waals surface area contributed by atoms with Crippen LogP contribution >= 0.6 is 0 Å². The van der Waals surface area contributed by atoms with Crippen molar-refractivity contribution in [3.63, 3.8) is 0 Å². The fourth-order valence-electron chi connectivity index (χ4n) is 8.87. The highest BCUT2D eigenvalue weighted by Gasteiger charge is 2.57. The number of rotatable bonds is 3. The minimum atomic E-state index is -4.18. The molecule has 0 saturated heterocycles. The normalized spacial score (nSPS) is 42.8. The van der Waals surface area contributed by atoms with Crippen molar-refractivity contribution in [2.75, 3.05) is 13.1 Å². The highest BCUT2D eigenvalue weighted by atomic mass is 19.4. The first-order valence-electron chi connectivity index (χ1n) is 12.7. The third-order valence-electron chi connectivity index (χ3n) is 10.1. The molecule has 8 unspecified atom stereocenters. The molecule has 5 aliphatic rings. The standard InChI is InChI=1S/C26H33F3N2O2/c27-26(28,29)14-31-13-25-9-2-1-3-22(25)19-6-4-17-16(18(19)8-10-25)5-7-20-21(17)11-15(12-30)23(32)24(20)33/h11,16-22,31H,1-10,13-14H2. The van der Waals surface area contributed by atoms with Crippen LogP contribution in [-0.2, 0) is 9.59 Å². The van der Waals surface area contributed by atoms with Crippen LogP contribution in [0.25, 0.3) is 0 Å². The molecule has 0 aliphatic heterocycles. The first-order valence-corrected chi connectivity index (χ1v) is 12.7. The van der Waals surface area contributed by atoms with Crippen molar-refractivity contribution in [2.24, 2.45) is 46.8 Å². The number of hydrogen-bond donors (Lipinski definition) is 1. The van der Waals surface area contributed by atoms with E-state index in [0.717, 1.165) is 57.8 Å². The summed E-state index contributed by atoms with van der Waals surface area (Å²) in [5.41, 5.74) is 0.00483. The minimum Gasteiger partial charge on any atom is -0.308 e. The van der Waals surface area contributed by atoms with Crippen LogP contribution in [0.15, 0.2) is 11.6 Å². The number of hydrogen-bond acceptors (Lipinski definition) is 4. The van der Waals surface area contributed by atoms with Crippen LogP contribution in [0.4, 0.5) is 13.2 Å². The van der Waals surface area contributed by atoms with Crippen molar-refractivity contribution in [3.8, 4) is 6.07 Å². The molecule has 7 heteroatoms. The van der Waals surface area contributed by atoms with E-state index in [2.05, 4.69) is 5.32 Å². The second kappa shape index (κ2) is 8.52. The average Bonchev–Trinajstić information content (AvgIpc) is 2.79. The van der Waals surface area contributed by atoms with E-state index in [-0.39, 0.29) is 28.6 Å². The predicted octanol–water partition coefficient (Wildman–Crippen LogP) is 5.00. The van der Waals surface area contributed by atoms with Gasteiger partial charge in [0.05, 0.1) is 12.1 Å². The Morgan fingerprint density at radius 1 is 0.970 bits per heavy atom. The van der Waals surface area contributed by atoms with Gasteiger partial charge in [-0.2, -0.15) is 18.4 Å². The van der Waals surface area contributed by atoms with Gasteiger partial charge in [0.2, 0.25) is 11.6 Å². The Labute approximate surface area is 193 Å². The monoisotopic (exact) mass is 462 g/mol. The van der Waals surface area contributed by atoms with Gasteiger partial charge in [0.1, 0.15) is 6.07 Å². The Morgan fingerprint density at radius 3 is 2.45 bits per heavy atom. The molecule has 0 bridgehead atoms. The quantitative estimate of drug-likeness (QED) is 0.600. The molecule has 0 spiro atoms. The summed E-state index contributed by atoms with van der Waals surface area (Å²) in [5, 5.41) is 12.1. The molecule has 0 aromatic carbocycles. The van der Waals surface area contributed by atoms with Crippen LogP contribution in [0.5, 0.6) is 0 Å². The summed E-state index contributed by atoms with van der Waals surface area (Å²) in [7, 11) is 0. The van der Waals surface area contributed by atoms with E-state index in [1.807, 2.05) is 6.07 Å². The summed E-state index contributed by atoms with van der Waals surface area (Å²) in [6.07, 6.45) is 7.79. The molecule has 0 radical (unpaired) electrons. The van der Waals surface area contributed by atoms with Crippen LogP contribution in [0.3, 0.4) is 0 Å². The van der Waals surface area contributed by atoms with Crippen molar-refractivity contribution in [1.29, 1.82) is 5.26 Å². The maximum Gasteiger partial charge on any atom is 0.401 e. The number of nitriles is 1. The Kier molecular flexibility index (Phi) is 5.96. The van der Waals surface area contributed by atoms with Gasteiger partial charge in [-0.05, 0) is 92.3 Å². The summed E-state index contributed by atoms with van der Waals surface area (Å²) >= 11 is 0. The van der Waals surface area contributed by atoms with E-state index in [1.165, 1.54) is 6.42 Å². The molecule has 5 aliphatic carbocycles. The van der Waals surface area contributed by atoms with Gasteiger partial charge in [-0.3, -0.25) is 9.59 Å². The van der Waals surface area contributed by atoms with Gasteiger partial charge in [0.15, 0.2) is 0 Å². The predicted molar refractivity (Wildman–Crippen MR) is 116 cm³/mol. The van der Waals surface area contributed by atoms with Gasteiger partial charge in [0.25, 0.3) is 0 Å². The zero-order valence-corrected chi connectivity index (χ0v) is 19.0. The summed E-state index contributed by atoms with van der Waals surface area (Å²) in [6.45, 7) is -0.451. The highest BCUT2D eigenvalue weighted by Crippen LogP contribution is 2.63. The number of nitrogens with zero attached hydrogens (tertiary/aromatic N) is 1. The zero-order chi connectivity index (χ0) is 23.4. The van der Waals surface area contributed by atoms with Gasteiger partial charge in [-0.1, -0.05) is 18.9 Å². The Morgan fingerprint density at radius 2 is 1.70 bits per heavy atom. The van der Waals surface area contributed by atoms with Gasteiger partial charge in [0, 0.05) is 12.5 Å². The molecule has 4 saturated carbocycles. The number of alkyl halides is 3. The SMILES string of the molecule is N#CC1=CC2C(CCC3C2CCC2C3CCC3(CNCC(F)(F)F)CCCCC23)C(=O)C1=O. The lowest BCUT2D eigenvalue weighted by molar-refractivity contribution is -0.144. The molecule has 5 rings (SSSR count). The summed E-state index contributed by atoms with van der Waals surface area (Å²) in [4.78, 5) is 24.9. The fraction of sp³-hybridized carbons (Fsp3) is 0.808. The van der Waals surface area contributed by atoms with Crippen LogP contribution in [0, 0.1) is 58.2 Å². The second-order valence-corrected chi connectivity index (χ2v) is 11.4. The molecule has 0 amide bonds. The van der Waals surface area contributed by atoms with Crippen LogP contribution in [-0.4, -0.2) is 30.8 Å². The number of carbonyl (C=O) groups is 2. The third-order valence-corrected chi connectivity index (χ3v) is 10.1. The molecule has 0 aromatic rings. The number of halogens is 3. The topological polar surface area (TPSA) is 70.0 Å². The van der Waals surface area contributed by atoms with E-state index in [0.29, 0.717) is 36.1 Å². The fourth-order valence-corrected chi connectivity index (χ4v) is 8.87. The van der Waals surface area contributed by atoms with Crippen molar-refractivity contribution in [1.82, 2.24) is 5.32 Å². The number of fused-ring (bicyclic) bond motifs is 7. The van der Waals surface area contributed by atoms with E-state index in [1.54, 1.807) is 6.08 Å². The largest absolute Gasteiger partial charge is 0.401 e. The first-order chi connectivity index (χ1) is 15.7. The summed E-state index contributed by atoms with van der Waals surface area (Å²) < 4.78 is 38.4. The van der Waals surface area contributed by atoms with Crippen LogP contribution in [0.2, 0.25) is 0 Å². The van der Waals surface area contributed by atoms with Crippen LogP contribution < -0.4 is 5.32 Å². The van der Waals surface area contributed by atoms with Gasteiger partial charge in [-0.25, -0.2) is 0 Å². The smallest absolute Gasteiger partial charge is 0.308 e. The molecule has 0 heterocycles. The Balaban J connectivity index is 1.35. The number of carbonyl (C=O) groups excluding carboxylic acids is 2. The molecule has 180 valence electrons. The van der Waals surface area contributed by atoms with E-state index >= 15 is 0 Å². The van der Waals surface area contributed by atoms with Crippen molar-refractivity contribution in [3.05, 3.63) is 11.6 Å². The third kappa shape index (κ3) is 3.96. The summed E-state index contributed by atoms with van der Waals surface area (Å²) in [6, 6.07) is 1.94. The highest BCUT2D eigenvalue weighted by molar-refractivity contribution is 6.46. The number of nitrogens with one attached hydrogen (secondary N) is 1. The molecular formula is C26H33F3N2O2. The lowest BCUT2D eigenvalue weighted by Crippen LogP contribution is -2.56. The molecule has 4 nitrogen and oxygen atoms in total. The maximum absolute atomic E-state index is 12.8. The van der Waals surface area contributed by atoms with E-state index in [4.69, 9.17) is 0 Å². The van der Waals surface area contributed by atoms with Crippen molar-refractivity contribution in [2.45, 2.75) is 70.4 Å². The number of allylic oxidation sites excluding steroid dienone is 2. The molecule has 0 aromatic heterocycles. The van der Waals surface area contributed by atoms with E-state index < -0.39 is 18.5 Å². The molecule has 33 heavy (non-hydrogen) atoms. The van der Waals surface area contributed by atoms with Gasteiger partial charge >= 0.3 is 6.18 Å². The first kappa shape index (κ1) is 23.1. The van der Waals surface area contributed by atoms with Gasteiger partial charge in [-0.15, -0.1) is 0 Å². The van der Waals surface area contributed by atoms with Crippen molar-refractivity contribution < 1.29 is 22.8 Å². The molecular weight excluding hydrogens is 429 g/mol. The Bertz CT molecular complexity index is 891. The van der Waals surface area contributed by atoms with Gasteiger partial charge < -0.3 is 5.32 Å². The zero-order valence-electron chi connectivity index (χ0n) is 19.0. The molecule has 8 atom stereocenters. The lowest BCUT2D eigenvalue weighted by Gasteiger charge is -2.60. The number of ketones is 2. The number of Topliss-reactive ketones (excluding diaryl/α,β-unsaturated/α-hetero) is 2. The molecule has 4 fully saturated rings.